The van der Waals surface area contributed by atoms with E-state index in [0.29, 0.717) is 18.0 Å². The molecule has 1 aromatic carbocycles. The number of aromatic nitrogens is 1. The predicted octanol–water partition coefficient (Wildman–Crippen LogP) is 2.28. The van der Waals surface area contributed by atoms with Gasteiger partial charge in [0.05, 0.1) is 18.4 Å². The molecule has 1 aromatic heterocycles. The summed E-state index contributed by atoms with van der Waals surface area (Å²) >= 11 is 0. The van der Waals surface area contributed by atoms with Crippen molar-refractivity contribution in [1.82, 2.24) is 4.57 Å². The summed E-state index contributed by atoms with van der Waals surface area (Å²) in [5, 5.41) is 9.10. The molecule has 0 aliphatic heterocycles. The topological polar surface area (TPSA) is 90.3 Å². The van der Waals surface area contributed by atoms with E-state index in [1.165, 1.54) is 17.9 Å². The number of esters is 1. The molecule has 1 heterocycles. The Labute approximate surface area is 128 Å². The summed E-state index contributed by atoms with van der Waals surface area (Å²) in [6.45, 7) is 3.95. The maximum atomic E-state index is 11.9. The third-order valence-electron chi connectivity index (χ3n) is 3.01. The number of nitrogens with zero attached hydrogens (tertiary/aromatic N) is 2. The second kappa shape index (κ2) is 6.50. The number of rotatable bonds is 5. The van der Waals surface area contributed by atoms with E-state index in [1.807, 2.05) is 6.07 Å². The van der Waals surface area contributed by atoms with Gasteiger partial charge >= 0.3 is 5.97 Å². The number of carbonyl (C=O) groups excluding carboxylic acids is 1. The highest BCUT2D eigenvalue weighted by Crippen LogP contribution is 2.26. The highest BCUT2D eigenvalue weighted by Gasteiger charge is 2.21. The van der Waals surface area contributed by atoms with Crippen molar-refractivity contribution < 1.29 is 14.3 Å². The van der Waals surface area contributed by atoms with Crippen molar-refractivity contribution in [3.63, 3.8) is 0 Å². The normalized spacial score (nSPS) is 9.82. The molecular weight excluding hydrogens is 282 g/mol. The minimum atomic E-state index is -0.614. The summed E-state index contributed by atoms with van der Waals surface area (Å²) in [5.41, 5.74) is 6.90. The van der Waals surface area contributed by atoms with Gasteiger partial charge in [-0.15, -0.1) is 0 Å². The average Bonchev–Trinajstić information content (AvgIpc) is 2.89. The molecule has 0 unspecified atom stereocenters. The van der Waals surface area contributed by atoms with Gasteiger partial charge in [0.15, 0.2) is 5.69 Å². The van der Waals surface area contributed by atoms with E-state index >= 15 is 0 Å². The van der Waals surface area contributed by atoms with Crippen LogP contribution in [0, 0.1) is 11.3 Å². The van der Waals surface area contributed by atoms with Crippen LogP contribution < -0.4 is 10.5 Å². The highest BCUT2D eigenvalue weighted by atomic mass is 16.5. The number of nitrogens with two attached hydrogens (primary N) is 1. The number of ether oxygens (including phenoxy) is 2. The minimum Gasteiger partial charge on any atom is -0.489 e. The van der Waals surface area contributed by atoms with Gasteiger partial charge in [-0.2, -0.15) is 5.26 Å². The third-order valence-corrected chi connectivity index (χ3v) is 3.01. The molecule has 6 heteroatoms. The molecule has 2 rings (SSSR count). The predicted molar refractivity (Wildman–Crippen MR) is 81.9 cm³/mol. The Kier molecular flexibility index (Phi) is 4.49. The summed E-state index contributed by atoms with van der Waals surface area (Å²) in [7, 11) is 1.26. The lowest BCUT2D eigenvalue weighted by Crippen LogP contribution is -2.11. The van der Waals surface area contributed by atoms with E-state index in [-0.39, 0.29) is 16.9 Å². The quantitative estimate of drug-likeness (QED) is 0.675. The first-order valence-corrected chi connectivity index (χ1v) is 6.45. The van der Waals surface area contributed by atoms with Crippen LogP contribution in [-0.2, 0) is 4.74 Å². The molecular formula is C16H15N3O3. The van der Waals surface area contributed by atoms with Crippen LogP contribution in [0.1, 0.15) is 16.1 Å². The Morgan fingerprint density at radius 2 is 2.32 bits per heavy atom. The van der Waals surface area contributed by atoms with Crippen LogP contribution >= 0.6 is 0 Å². The summed E-state index contributed by atoms with van der Waals surface area (Å²) in [4.78, 5) is 11.9. The number of benzene rings is 1. The van der Waals surface area contributed by atoms with Crippen LogP contribution in [0.3, 0.4) is 0 Å². The fourth-order valence-corrected chi connectivity index (χ4v) is 2.00. The summed E-state index contributed by atoms with van der Waals surface area (Å²) < 4.78 is 11.7. The van der Waals surface area contributed by atoms with Gasteiger partial charge in [0.1, 0.15) is 18.4 Å². The van der Waals surface area contributed by atoms with Gasteiger partial charge in [-0.3, -0.25) is 0 Å². The zero-order valence-corrected chi connectivity index (χ0v) is 12.1. The molecule has 0 amide bonds. The molecule has 22 heavy (non-hydrogen) atoms. The molecule has 2 N–H and O–H groups in total. The third kappa shape index (κ3) is 2.79. The van der Waals surface area contributed by atoms with Crippen LogP contribution in [0.4, 0.5) is 5.69 Å². The van der Waals surface area contributed by atoms with Crippen LogP contribution in [-0.4, -0.2) is 24.3 Å². The fraction of sp³-hybridized carbons (Fsp3) is 0.125. The van der Waals surface area contributed by atoms with Gasteiger partial charge in [-0.1, -0.05) is 18.7 Å². The monoisotopic (exact) mass is 297 g/mol. The van der Waals surface area contributed by atoms with E-state index < -0.39 is 5.97 Å². The lowest BCUT2D eigenvalue weighted by atomic mass is 10.2. The van der Waals surface area contributed by atoms with Crippen molar-refractivity contribution in [3.05, 3.63) is 54.4 Å². The number of hydrogen-bond acceptors (Lipinski definition) is 5. The molecule has 0 spiro atoms. The number of nitrogen functional groups attached to an aromatic ring is 1. The van der Waals surface area contributed by atoms with Crippen molar-refractivity contribution in [2.45, 2.75) is 0 Å². The van der Waals surface area contributed by atoms with E-state index in [1.54, 1.807) is 30.3 Å². The SMILES string of the molecule is C=CCOc1cccc(-n2cc(C#N)c(N)c2C(=O)OC)c1. The fourth-order valence-electron chi connectivity index (χ4n) is 2.00. The number of carbonyl (C=O) groups is 1. The zero-order valence-electron chi connectivity index (χ0n) is 12.1. The molecule has 112 valence electrons. The molecule has 0 aliphatic rings. The van der Waals surface area contributed by atoms with E-state index in [9.17, 15) is 4.79 Å². The Morgan fingerprint density at radius 3 is 2.95 bits per heavy atom. The Morgan fingerprint density at radius 1 is 1.55 bits per heavy atom. The van der Waals surface area contributed by atoms with Gasteiger partial charge in [-0.25, -0.2) is 4.79 Å². The second-order valence-corrected chi connectivity index (χ2v) is 4.38. The molecule has 6 nitrogen and oxygen atoms in total. The smallest absolute Gasteiger partial charge is 0.357 e. The summed E-state index contributed by atoms with van der Waals surface area (Å²) in [6.07, 6.45) is 3.13. The van der Waals surface area contributed by atoms with Gasteiger partial charge < -0.3 is 19.8 Å². The molecule has 0 saturated heterocycles. The lowest BCUT2D eigenvalue weighted by molar-refractivity contribution is 0.0593. The van der Waals surface area contributed by atoms with Gasteiger partial charge in [0.2, 0.25) is 0 Å². The van der Waals surface area contributed by atoms with Crippen LogP contribution in [0.5, 0.6) is 5.75 Å². The first kappa shape index (κ1) is 15.2. The van der Waals surface area contributed by atoms with Crippen LogP contribution in [0.25, 0.3) is 5.69 Å². The van der Waals surface area contributed by atoms with Crippen molar-refractivity contribution in [2.75, 3.05) is 19.5 Å². The van der Waals surface area contributed by atoms with Gasteiger partial charge in [0.25, 0.3) is 0 Å². The van der Waals surface area contributed by atoms with Crippen molar-refractivity contribution >= 4 is 11.7 Å². The van der Waals surface area contributed by atoms with Crippen molar-refractivity contribution in [3.8, 4) is 17.5 Å². The largest absolute Gasteiger partial charge is 0.489 e. The molecule has 0 aliphatic carbocycles. The Balaban J connectivity index is 2.55. The van der Waals surface area contributed by atoms with E-state index in [0.717, 1.165) is 0 Å². The number of nitriles is 1. The van der Waals surface area contributed by atoms with Crippen molar-refractivity contribution in [2.24, 2.45) is 0 Å². The molecule has 0 saturated carbocycles. The van der Waals surface area contributed by atoms with Crippen molar-refractivity contribution in [1.29, 1.82) is 5.26 Å². The van der Waals surface area contributed by atoms with E-state index in [2.05, 4.69) is 6.58 Å². The van der Waals surface area contributed by atoms with Crippen LogP contribution in [0.15, 0.2) is 43.1 Å². The highest BCUT2D eigenvalue weighted by molar-refractivity contribution is 5.95. The van der Waals surface area contributed by atoms with Crippen LogP contribution in [0.2, 0.25) is 0 Å². The first-order valence-electron chi connectivity index (χ1n) is 6.45. The van der Waals surface area contributed by atoms with E-state index in [4.69, 9.17) is 20.5 Å². The van der Waals surface area contributed by atoms with Gasteiger partial charge in [0, 0.05) is 18.0 Å². The first-order chi connectivity index (χ1) is 10.6. The maximum Gasteiger partial charge on any atom is 0.357 e. The molecule has 0 radical (unpaired) electrons. The molecule has 0 atom stereocenters. The standard InChI is InChI=1S/C16H15N3O3/c1-3-7-22-13-6-4-5-12(8-13)19-10-11(9-17)14(18)15(19)16(20)21-2/h3-6,8,10H,1,7,18H2,2H3. The average molecular weight is 297 g/mol. The summed E-state index contributed by atoms with van der Waals surface area (Å²) in [5.74, 6) is -0.00425. The Hall–Kier alpha value is -3.20. The minimum absolute atomic E-state index is 0.0896. The summed E-state index contributed by atoms with van der Waals surface area (Å²) in [6, 6.07) is 9.02. The lowest BCUT2D eigenvalue weighted by Gasteiger charge is -2.10. The Bertz CT molecular complexity index is 756. The molecule has 0 fully saturated rings. The number of anilines is 1. The number of hydrogen-bond donors (Lipinski definition) is 1. The molecule has 0 bridgehead atoms. The second-order valence-electron chi connectivity index (χ2n) is 4.38. The maximum absolute atomic E-state index is 11.9. The molecule has 2 aromatic rings. The van der Waals surface area contributed by atoms with Gasteiger partial charge in [-0.05, 0) is 12.1 Å². The zero-order chi connectivity index (χ0) is 16.1. The number of methoxy groups -OCH3 is 1.